The molecule has 1 rings (SSSR count). The number of hydrogen-bond donors (Lipinski definition) is 1. The van der Waals surface area contributed by atoms with E-state index in [1.807, 2.05) is 14.0 Å². The lowest BCUT2D eigenvalue weighted by Crippen LogP contribution is -2.30. The van der Waals surface area contributed by atoms with Crippen molar-refractivity contribution < 1.29 is 0 Å². The van der Waals surface area contributed by atoms with Gasteiger partial charge in [-0.25, -0.2) is 5.43 Å². The molecule has 1 heterocycles. The number of alkyl halides is 1. The topological polar surface area (TPSA) is 15.3 Å². The van der Waals surface area contributed by atoms with Crippen LogP contribution in [-0.2, 0) is 0 Å². The lowest BCUT2D eigenvalue weighted by Gasteiger charge is -2.10. The van der Waals surface area contributed by atoms with Crippen LogP contribution in [0.2, 0.25) is 0 Å². The van der Waals surface area contributed by atoms with E-state index in [-0.39, 0.29) is 5.50 Å². The number of hydrazine groups is 1. The van der Waals surface area contributed by atoms with Crippen LogP contribution in [0.4, 0.5) is 0 Å². The van der Waals surface area contributed by atoms with Gasteiger partial charge in [0.05, 0.1) is 0 Å². The normalized spacial score (nSPS) is 28.0. The first-order valence-electron chi connectivity index (χ1n) is 2.63. The van der Waals surface area contributed by atoms with Crippen LogP contribution in [0.15, 0.2) is 10.7 Å². The Balaban J connectivity index is 2.79. The molecule has 0 aromatic carbocycles. The molecule has 0 fully saturated rings. The molecule has 9 heavy (non-hydrogen) atoms. The summed E-state index contributed by atoms with van der Waals surface area (Å²) in [7, 11) is 1.83. The summed E-state index contributed by atoms with van der Waals surface area (Å²) in [5, 5.41) is 2.39. The van der Waals surface area contributed by atoms with Crippen molar-refractivity contribution in [3.8, 4) is 0 Å². The highest BCUT2D eigenvalue weighted by Gasteiger charge is 2.21. The average Bonchev–Trinajstić information content (AvgIpc) is 1.98. The van der Waals surface area contributed by atoms with Gasteiger partial charge in [-0.05, 0) is 12.5 Å². The summed E-state index contributed by atoms with van der Waals surface area (Å²) < 4.78 is 0. The Labute approximate surface area is 64.4 Å². The molecule has 0 aliphatic carbocycles. The molecule has 0 bridgehead atoms. The second kappa shape index (κ2) is 2.37. The molecule has 0 aromatic heterocycles. The van der Waals surface area contributed by atoms with Gasteiger partial charge in [0.25, 0.3) is 0 Å². The summed E-state index contributed by atoms with van der Waals surface area (Å²) in [4.78, 5) is 0. The lowest BCUT2D eigenvalue weighted by molar-refractivity contribution is 0.352. The first-order chi connectivity index (χ1) is 4.13. The van der Waals surface area contributed by atoms with Gasteiger partial charge in [-0.3, -0.25) is 5.01 Å². The van der Waals surface area contributed by atoms with Gasteiger partial charge in [0.15, 0.2) is 0 Å². The van der Waals surface area contributed by atoms with Gasteiger partial charge in [-0.15, -0.1) is 0 Å². The van der Waals surface area contributed by atoms with E-state index in [4.69, 9.17) is 23.2 Å². The standard InChI is InChI=1S/C5H8Cl2N2/c1-3-4(6)8-9(2)5(3)7/h4,8H,1-2H3. The van der Waals surface area contributed by atoms with Gasteiger partial charge < -0.3 is 0 Å². The molecule has 4 heteroatoms. The van der Waals surface area contributed by atoms with E-state index in [9.17, 15) is 0 Å². The highest BCUT2D eigenvalue weighted by Crippen LogP contribution is 2.23. The van der Waals surface area contributed by atoms with Gasteiger partial charge in [-0.2, -0.15) is 0 Å². The van der Waals surface area contributed by atoms with Crippen LogP contribution >= 0.6 is 23.2 Å². The molecular weight excluding hydrogens is 159 g/mol. The third-order valence-corrected chi connectivity index (χ3v) is 2.28. The Morgan fingerprint density at radius 1 is 1.67 bits per heavy atom. The third-order valence-electron chi connectivity index (χ3n) is 1.31. The molecule has 2 nitrogen and oxygen atoms in total. The minimum absolute atomic E-state index is 0.137. The van der Waals surface area contributed by atoms with E-state index in [0.717, 1.165) is 5.57 Å². The van der Waals surface area contributed by atoms with E-state index < -0.39 is 0 Å². The Morgan fingerprint density at radius 2 is 2.22 bits per heavy atom. The Bertz CT molecular complexity index is 139. The van der Waals surface area contributed by atoms with Crippen molar-refractivity contribution in [2.45, 2.75) is 12.4 Å². The first kappa shape index (κ1) is 7.19. The molecule has 1 atom stereocenters. The molecule has 0 saturated heterocycles. The number of nitrogens with one attached hydrogen (secondary N) is 1. The van der Waals surface area contributed by atoms with Crippen LogP contribution in [0.1, 0.15) is 6.92 Å². The third kappa shape index (κ3) is 1.16. The largest absolute Gasteiger partial charge is 0.299 e. The summed E-state index contributed by atoms with van der Waals surface area (Å²) in [6.45, 7) is 1.90. The summed E-state index contributed by atoms with van der Waals surface area (Å²) in [6, 6.07) is 0. The fourth-order valence-electron chi connectivity index (χ4n) is 0.693. The predicted molar refractivity (Wildman–Crippen MR) is 39.1 cm³/mol. The Kier molecular flexibility index (Phi) is 1.89. The summed E-state index contributed by atoms with van der Waals surface area (Å²) in [5.41, 5.74) is 3.75. The quantitative estimate of drug-likeness (QED) is 0.434. The van der Waals surface area contributed by atoms with Crippen molar-refractivity contribution in [3.05, 3.63) is 10.7 Å². The highest BCUT2D eigenvalue weighted by atomic mass is 35.5. The molecule has 0 amide bonds. The molecular formula is C5H8Cl2N2. The monoisotopic (exact) mass is 166 g/mol. The van der Waals surface area contributed by atoms with E-state index >= 15 is 0 Å². The number of hydrogen-bond acceptors (Lipinski definition) is 2. The predicted octanol–water partition coefficient (Wildman–Crippen LogP) is 1.47. The zero-order valence-electron chi connectivity index (χ0n) is 5.28. The fourth-order valence-corrected chi connectivity index (χ4v) is 1.16. The lowest BCUT2D eigenvalue weighted by atomic mass is 10.3. The van der Waals surface area contributed by atoms with Gasteiger partial charge in [0.2, 0.25) is 0 Å². The molecule has 1 aliphatic rings. The molecule has 52 valence electrons. The fraction of sp³-hybridized carbons (Fsp3) is 0.600. The van der Waals surface area contributed by atoms with Crippen molar-refractivity contribution in [2.24, 2.45) is 0 Å². The maximum absolute atomic E-state index is 5.77. The minimum Gasteiger partial charge on any atom is -0.299 e. The van der Waals surface area contributed by atoms with Crippen LogP contribution < -0.4 is 5.43 Å². The highest BCUT2D eigenvalue weighted by molar-refractivity contribution is 6.31. The van der Waals surface area contributed by atoms with Gasteiger partial charge in [-0.1, -0.05) is 23.2 Å². The van der Waals surface area contributed by atoms with E-state index in [0.29, 0.717) is 5.16 Å². The van der Waals surface area contributed by atoms with E-state index in [1.54, 1.807) is 5.01 Å². The molecule has 0 spiro atoms. The molecule has 1 aliphatic heterocycles. The van der Waals surface area contributed by atoms with Crippen molar-refractivity contribution in [2.75, 3.05) is 7.05 Å². The van der Waals surface area contributed by atoms with Crippen molar-refractivity contribution in [1.29, 1.82) is 0 Å². The van der Waals surface area contributed by atoms with E-state index in [1.165, 1.54) is 0 Å². The van der Waals surface area contributed by atoms with Crippen molar-refractivity contribution in [1.82, 2.24) is 10.4 Å². The van der Waals surface area contributed by atoms with E-state index in [2.05, 4.69) is 5.43 Å². The van der Waals surface area contributed by atoms with Crippen molar-refractivity contribution in [3.63, 3.8) is 0 Å². The van der Waals surface area contributed by atoms with Crippen LogP contribution in [0.3, 0.4) is 0 Å². The van der Waals surface area contributed by atoms with Gasteiger partial charge in [0, 0.05) is 7.05 Å². The molecule has 1 N–H and O–H groups in total. The Morgan fingerprint density at radius 3 is 2.33 bits per heavy atom. The molecule has 0 saturated carbocycles. The molecule has 1 unspecified atom stereocenters. The average molecular weight is 167 g/mol. The molecule has 0 aromatic rings. The second-order valence-corrected chi connectivity index (χ2v) is 2.82. The van der Waals surface area contributed by atoms with Gasteiger partial charge >= 0.3 is 0 Å². The van der Waals surface area contributed by atoms with Gasteiger partial charge in [0.1, 0.15) is 10.7 Å². The first-order valence-corrected chi connectivity index (χ1v) is 3.44. The number of halogens is 2. The molecule has 0 radical (unpaired) electrons. The SMILES string of the molecule is CC1=C(Cl)N(C)NC1Cl. The number of nitrogens with zero attached hydrogens (tertiary/aromatic N) is 1. The van der Waals surface area contributed by atoms with Crippen LogP contribution in [0.25, 0.3) is 0 Å². The van der Waals surface area contributed by atoms with Crippen LogP contribution in [0.5, 0.6) is 0 Å². The summed E-state index contributed by atoms with van der Waals surface area (Å²) >= 11 is 11.5. The van der Waals surface area contributed by atoms with Crippen LogP contribution in [-0.4, -0.2) is 17.6 Å². The summed E-state index contributed by atoms with van der Waals surface area (Å²) in [6.07, 6.45) is 0. The van der Waals surface area contributed by atoms with Crippen molar-refractivity contribution >= 4 is 23.2 Å². The van der Waals surface area contributed by atoms with Crippen LogP contribution in [0, 0.1) is 0 Å². The summed E-state index contributed by atoms with van der Waals surface area (Å²) in [5.74, 6) is 0. The zero-order valence-corrected chi connectivity index (χ0v) is 6.79. The maximum atomic E-state index is 5.77. The zero-order chi connectivity index (χ0) is 7.02. The smallest absolute Gasteiger partial charge is 0.124 e. The second-order valence-electron chi connectivity index (χ2n) is 2.02. The number of rotatable bonds is 0. The minimum atomic E-state index is -0.137. The maximum Gasteiger partial charge on any atom is 0.124 e. The Hall–Kier alpha value is 0.0800.